The molecule has 1 saturated heterocycles. The van der Waals surface area contributed by atoms with Gasteiger partial charge in [0.2, 0.25) is 0 Å². The van der Waals surface area contributed by atoms with Crippen LogP contribution in [0.1, 0.15) is 31.7 Å². The first-order valence-corrected chi connectivity index (χ1v) is 7.40. The van der Waals surface area contributed by atoms with Crippen LogP contribution in [-0.4, -0.2) is 5.75 Å². The number of hydrogen-bond acceptors (Lipinski definition) is 1. The third-order valence-corrected chi connectivity index (χ3v) is 5.40. The Hall–Kier alpha value is -0.950. The topological polar surface area (TPSA) is 0 Å². The van der Waals surface area contributed by atoms with E-state index in [-0.39, 0.29) is 0 Å². The molecule has 0 amide bonds. The molecule has 1 atom stereocenters. The van der Waals surface area contributed by atoms with Gasteiger partial charge in [-0.3, -0.25) is 0 Å². The van der Waals surface area contributed by atoms with Gasteiger partial charge in [0.1, 0.15) is 0 Å². The zero-order chi connectivity index (χ0) is 11.7. The number of rotatable bonds is 1. The summed E-state index contributed by atoms with van der Waals surface area (Å²) in [4.78, 5) is 0. The summed E-state index contributed by atoms with van der Waals surface area (Å²) < 4.78 is 0.336. The van der Waals surface area contributed by atoms with Gasteiger partial charge in [0.15, 0.2) is 0 Å². The first-order valence-electron chi connectivity index (χ1n) is 6.41. The third kappa shape index (κ3) is 2.09. The van der Waals surface area contributed by atoms with Crippen molar-refractivity contribution < 1.29 is 0 Å². The van der Waals surface area contributed by atoms with Crippen molar-refractivity contribution in [2.75, 3.05) is 5.75 Å². The Bertz CT molecular complexity index is 524. The van der Waals surface area contributed by atoms with E-state index in [9.17, 15) is 0 Å². The number of fused-ring (bicyclic) bond motifs is 1. The van der Waals surface area contributed by atoms with Gasteiger partial charge in [-0.2, -0.15) is 11.8 Å². The third-order valence-electron chi connectivity index (χ3n) is 3.83. The summed E-state index contributed by atoms with van der Waals surface area (Å²) >= 11 is 2.13. The molecule has 3 rings (SSSR count). The van der Waals surface area contributed by atoms with Crippen molar-refractivity contribution in [2.24, 2.45) is 0 Å². The lowest BCUT2D eigenvalue weighted by Gasteiger charge is -2.33. The normalized spacial score (nSPS) is 25.0. The summed E-state index contributed by atoms with van der Waals surface area (Å²) in [6.45, 7) is 2.40. The van der Waals surface area contributed by atoms with Crippen LogP contribution >= 0.6 is 11.8 Å². The predicted octanol–water partition coefficient (Wildman–Crippen LogP) is 4.97. The molecule has 1 aliphatic heterocycles. The Kier molecular flexibility index (Phi) is 2.87. The van der Waals surface area contributed by atoms with Gasteiger partial charge in [-0.05, 0) is 47.9 Å². The molecule has 1 unspecified atom stereocenters. The maximum absolute atomic E-state index is 2.40. The van der Waals surface area contributed by atoms with Gasteiger partial charge in [0.25, 0.3) is 0 Å². The van der Waals surface area contributed by atoms with Crippen LogP contribution in [0.4, 0.5) is 0 Å². The molecular weight excluding hydrogens is 224 g/mol. The van der Waals surface area contributed by atoms with E-state index < -0.39 is 0 Å². The van der Waals surface area contributed by atoms with E-state index in [1.807, 2.05) is 0 Å². The predicted molar refractivity (Wildman–Crippen MR) is 77.6 cm³/mol. The van der Waals surface area contributed by atoms with Crippen molar-refractivity contribution in [3.63, 3.8) is 0 Å². The summed E-state index contributed by atoms with van der Waals surface area (Å²) in [7, 11) is 0. The SMILES string of the molecule is CC1(c2ccc3ccccc3c2)CCCCS1. The fourth-order valence-corrected chi connectivity index (χ4v) is 4.06. The van der Waals surface area contributed by atoms with Gasteiger partial charge in [0.05, 0.1) is 0 Å². The van der Waals surface area contributed by atoms with Crippen molar-refractivity contribution in [1.29, 1.82) is 0 Å². The van der Waals surface area contributed by atoms with Crippen LogP contribution in [0, 0.1) is 0 Å². The minimum atomic E-state index is 0.336. The lowest BCUT2D eigenvalue weighted by Crippen LogP contribution is -2.21. The molecule has 0 aromatic heterocycles. The van der Waals surface area contributed by atoms with Crippen LogP contribution in [0.5, 0.6) is 0 Å². The van der Waals surface area contributed by atoms with Gasteiger partial charge in [-0.25, -0.2) is 0 Å². The average molecular weight is 242 g/mol. The van der Waals surface area contributed by atoms with Gasteiger partial charge in [-0.15, -0.1) is 0 Å². The monoisotopic (exact) mass is 242 g/mol. The molecule has 2 aromatic carbocycles. The standard InChI is InChI=1S/C16H18S/c1-16(10-4-5-11-17-16)15-9-8-13-6-2-3-7-14(13)12-15/h2-3,6-9,12H,4-5,10-11H2,1H3. The highest BCUT2D eigenvalue weighted by atomic mass is 32.2. The van der Waals surface area contributed by atoms with Gasteiger partial charge < -0.3 is 0 Å². The molecule has 1 fully saturated rings. The average Bonchev–Trinajstić information content (AvgIpc) is 2.39. The molecule has 2 aromatic rings. The number of thioether (sulfide) groups is 1. The minimum Gasteiger partial charge on any atom is -0.151 e. The largest absolute Gasteiger partial charge is 0.151 e. The highest BCUT2D eigenvalue weighted by molar-refractivity contribution is 8.00. The molecule has 0 spiro atoms. The van der Waals surface area contributed by atoms with E-state index in [0.29, 0.717) is 4.75 Å². The van der Waals surface area contributed by atoms with E-state index in [4.69, 9.17) is 0 Å². The Morgan fingerprint density at radius 1 is 1.00 bits per heavy atom. The van der Waals surface area contributed by atoms with Crippen molar-refractivity contribution in [3.05, 3.63) is 48.0 Å². The fourth-order valence-electron chi connectivity index (χ4n) is 2.68. The minimum absolute atomic E-state index is 0.336. The molecule has 1 heterocycles. The van der Waals surface area contributed by atoms with Gasteiger partial charge >= 0.3 is 0 Å². The maximum atomic E-state index is 2.40. The summed E-state index contributed by atoms with van der Waals surface area (Å²) in [5.74, 6) is 1.31. The smallest absolute Gasteiger partial charge is 0.0380 e. The lowest BCUT2D eigenvalue weighted by molar-refractivity contribution is 0.559. The zero-order valence-electron chi connectivity index (χ0n) is 10.3. The number of benzene rings is 2. The van der Waals surface area contributed by atoms with Gasteiger partial charge in [0, 0.05) is 4.75 Å². The highest BCUT2D eigenvalue weighted by Gasteiger charge is 2.29. The summed E-state index contributed by atoms with van der Waals surface area (Å²) in [5.41, 5.74) is 1.50. The molecule has 0 nitrogen and oxygen atoms in total. The summed E-state index contributed by atoms with van der Waals surface area (Å²) in [6, 6.07) is 15.6. The lowest BCUT2D eigenvalue weighted by atomic mass is 9.92. The summed E-state index contributed by atoms with van der Waals surface area (Å²) in [5, 5.41) is 2.72. The highest BCUT2D eigenvalue weighted by Crippen LogP contribution is 2.45. The van der Waals surface area contributed by atoms with Crippen LogP contribution in [0.3, 0.4) is 0 Å². The van der Waals surface area contributed by atoms with Crippen LogP contribution in [0.25, 0.3) is 10.8 Å². The Balaban J connectivity index is 2.05. The Labute approximate surface area is 107 Å². The van der Waals surface area contributed by atoms with E-state index in [2.05, 4.69) is 61.2 Å². The molecule has 1 aliphatic rings. The first-order chi connectivity index (χ1) is 8.28. The van der Waals surface area contributed by atoms with Crippen molar-refractivity contribution >= 4 is 22.5 Å². The van der Waals surface area contributed by atoms with Crippen molar-refractivity contribution in [1.82, 2.24) is 0 Å². The van der Waals surface area contributed by atoms with Crippen LogP contribution < -0.4 is 0 Å². The van der Waals surface area contributed by atoms with Crippen LogP contribution in [0.2, 0.25) is 0 Å². The fraction of sp³-hybridized carbons (Fsp3) is 0.375. The first kappa shape index (κ1) is 11.2. The van der Waals surface area contributed by atoms with E-state index in [1.165, 1.54) is 41.4 Å². The Morgan fingerprint density at radius 2 is 1.82 bits per heavy atom. The molecule has 0 radical (unpaired) electrons. The second-order valence-electron chi connectivity index (χ2n) is 5.10. The zero-order valence-corrected chi connectivity index (χ0v) is 11.1. The summed E-state index contributed by atoms with van der Waals surface area (Å²) in [6.07, 6.45) is 4.07. The second-order valence-corrected chi connectivity index (χ2v) is 6.70. The quantitative estimate of drug-likeness (QED) is 0.680. The molecule has 17 heavy (non-hydrogen) atoms. The van der Waals surface area contributed by atoms with E-state index >= 15 is 0 Å². The molecule has 0 N–H and O–H groups in total. The van der Waals surface area contributed by atoms with E-state index in [1.54, 1.807) is 0 Å². The number of hydrogen-bond donors (Lipinski definition) is 0. The van der Waals surface area contributed by atoms with Crippen LogP contribution in [-0.2, 0) is 4.75 Å². The van der Waals surface area contributed by atoms with E-state index in [0.717, 1.165) is 0 Å². The van der Waals surface area contributed by atoms with Gasteiger partial charge in [-0.1, -0.05) is 42.8 Å². The molecule has 88 valence electrons. The van der Waals surface area contributed by atoms with Crippen molar-refractivity contribution in [2.45, 2.75) is 30.9 Å². The molecule has 1 heteroatoms. The van der Waals surface area contributed by atoms with Crippen molar-refractivity contribution in [3.8, 4) is 0 Å². The molecule has 0 aliphatic carbocycles. The van der Waals surface area contributed by atoms with Crippen LogP contribution in [0.15, 0.2) is 42.5 Å². The molecule has 0 bridgehead atoms. The molecule has 0 saturated carbocycles. The molecular formula is C16H18S. The second kappa shape index (κ2) is 4.38. The maximum Gasteiger partial charge on any atom is 0.0380 e. The Morgan fingerprint density at radius 3 is 2.59 bits per heavy atom.